The molecule has 0 aromatic heterocycles. The minimum Gasteiger partial charge on any atom is -0.481 e. The van der Waals surface area contributed by atoms with Gasteiger partial charge in [0.15, 0.2) is 0 Å². The van der Waals surface area contributed by atoms with E-state index in [-0.39, 0.29) is 12.2 Å². The van der Waals surface area contributed by atoms with Crippen molar-refractivity contribution in [1.82, 2.24) is 0 Å². The van der Waals surface area contributed by atoms with Crippen LogP contribution >= 0.6 is 11.6 Å². The fourth-order valence-corrected chi connectivity index (χ4v) is 2.88. The van der Waals surface area contributed by atoms with Crippen LogP contribution in [0.2, 0.25) is 5.02 Å². The monoisotopic (exact) mass is 365 g/mol. The van der Waals surface area contributed by atoms with Gasteiger partial charge >= 0.3 is 5.97 Å². The van der Waals surface area contributed by atoms with E-state index in [2.05, 4.69) is 0 Å². The van der Waals surface area contributed by atoms with Gasteiger partial charge in [-0.1, -0.05) is 35.9 Å². The summed E-state index contributed by atoms with van der Waals surface area (Å²) in [6, 6.07) is 11.2. The summed E-state index contributed by atoms with van der Waals surface area (Å²) in [5.74, 6) is -1.42. The van der Waals surface area contributed by atoms with Crippen LogP contribution in [0.5, 0.6) is 0 Å². The van der Waals surface area contributed by atoms with E-state index in [1.165, 1.54) is 19.1 Å². The third-order valence-corrected chi connectivity index (χ3v) is 4.50. The van der Waals surface area contributed by atoms with Crippen molar-refractivity contribution in [2.24, 2.45) is 11.1 Å². The van der Waals surface area contributed by atoms with Gasteiger partial charge in [0.25, 0.3) is 0 Å². The van der Waals surface area contributed by atoms with E-state index in [9.17, 15) is 19.4 Å². The van der Waals surface area contributed by atoms with Gasteiger partial charge in [0.2, 0.25) is 0 Å². The number of carboxylic acid groups (broad SMARTS) is 1. The Bertz CT molecular complexity index is 751. The first-order valence-electron chi connectivity index (χ1n) is 7.89. The number of benzene rings is 2. The zero-order chi connectivity index (χ0) is 18.6. The van der Waals surface area contributed by atoms with Gasteiger partial charge in [-0.3, -0.25) is 4.79 Å². The van der Waals surface area contributed by atoms with Crippen LogP contribution < -0.4 is 5.73 Å². The molecule has 134 valence electrons. The number of aliphatic carboxylic acids is 1. The Morgan fingerprint density at radius 1 is 1.28 bits per heavy atom. The number of halogens is 2. The van der Waals surface area contributed by atoms with Crippen molar-refractivity contribution >= 4 is 17.6 Å². The SMILES string of the molecule is CC(CO)(CC(N)Cc1ccc(-c2cc(Cl)ccc2F)cc1)C(=O)O. The van der Waals surface area contributed by atoms with Gasteiger partial charge in [-0.2, -0.15) is 0 Å². The molecule has 0 amide bonds. The highest BCUT2D eigenvalue weighted by Gasteiger charge is 2.34. The Hall–Kier alpha value is -1.95. The molecular weight excluding hydrogens is 345 g/mol. The first-order valence-corrected chi connectivity index (χ1v) is 8.27. The summed E-state index contributed by atoms with van der Waals surface area (Å²) in [7, 11) is 0. The van der Waals surface area contributed by atoms with E-state index in [0.717, 1.165) is 5.56 Å². The maximum atomic E-state index is 13.9. The molecule has 0 bridgehead atoms. The molecule has 2 aromatic rings. The van der Waals surface area contributed by atoms with Crippen LogP contribution in [-0.4, -0.2) is 28.8 Å². The fraction of sp³-hybridized carbons (Fsp3) is 0.316. The molecule has 0 saturated carbocycles. The highest BCUT2D eigenvalue weighted by Crippen LogP contribution is 2.27. The second kappa shape index (κ2) is 7.95. The maximum absolute atomic E-state index is 13.9. The van der Waals surface area contributed by atoms with Crippen molar-refractivity contribution in [3.05, 3.63) is 58.9 Å². The maximum Gasteiger partial charge on any atom is 0.311 e. The number of carbonyl (C=O) groups is 1. The molecule has 4 N–H and O–H groups in total. The number of nitrogens with two attached hydrogens (primary N) is 1. The minimum absolute atomic E-state index is 0.156. The predicted octanol–water partition coefficient (Wildman–Crippen LogP) is 3.49. The Labute approximate surface area is 151 Å². The summed E-state index contributed by atoms with van der Waals surface area (Å²) < 4.78 is 13.9. The Kier molecular flexibility index (Phi) is 6.16. The first-order chi connectivity index (χ1) is 11.7. The summed E-state index contributed by atoms with van der Waals surface area (Å²) in [6.45, 7) is 1.00. The van der Waals surface area contributed by atoms with Crippen molar-refractivity contribution in [3.63, 3.8) is 0 Å². The average Bonchev–Trinajstić information content (AvgIpc) is 2.57. The van der Waals surface area contributed by atoms with Gasteiger partial charge in [0.1, 0.15) is 5.82 Å². The molecule has 0 radical (unpaired) electrons. The van der Waals surface area contributed by atoms with E-state index in [4.69, 9.17) is 17.3 Å². The van der Waals surface area contributed by atoms with Crippen molar-refractivity contribution < 1.29 is 19.4 Å². The zero-order valence-corrected chi connectivity index (χ0v) is 14.6. The fourth-order valence-electron chi connectivity index (χ4n) is 2.71. The first kappa shape index (κ1) is 19.4. The van der Waals surface area contributed by atoms with E-state index in [0.29, 0.717) is 22.6 Å². The lowest BCUT2D eigenvalue weighted by Gasteiger charge is -2.25. The summed E-state index contributed by atoms with van der Waals surface area (Å²) in [6.07, 6.45) is 0.616. The van der Waals surface area contributed by atoms with Gasteiger partial charge in [-0.15, -0.1) is 0 Å². The number of rotatable bonds is 7. The number of aliphatic hydroxyl groups excluding tert-OH is 1. The van der Waals surface area contributed by atoms with E-state index in [1.807, 2.05) is 12.1 Å². The van der Waals surface area contributed by atoms with Crippen LogP contribution in [0.25, 0.3) is 11.1 Å². The molecule has 0 aliphatic heterocycles. The van der Waals surface area contributed by atoms with Crippen molar-refractivity contribution in [3.8, 4) is 11.1 Å². The third-order valence-electron chi connectivity index (χ3n) is 4.27. The Balaban J connectivity index is 2.10. The number of aliphatic hydroxyl groups is 1. The number of carboxylic acids is 1. The molecule has 0 aliphatic rings. The second-order valence-electron chi connectivity index (χ2n) is 6.51. The van der Waals surface area contributed by atoms with Gasteiger partial charge in [-0.05, 0) is 49.1 Å². The van der Waals surface area contributed by atoms with Crippen LogP contribution in [0.3, 0.4) is 0 Å². The molecule has 2 unspecified atom stereocenters. The van der Waals surface area contributed by atoms with Crippen LogP contribution in [0.4, 0.5) is 4.39 Å². The Morgan fingerprint density at radius 2 is 1.92 bits per heavy atom. The molecule has 0 spiro atoms. The zero-order valence-electron chi connectivity index (χ0n) is 13.9. The van der Waals surface area contributed by atoms with Gasteiger partial charge in [0, 0.05) is 16.6 Å². The summed E-state index contributed by atoms with van der Waals surface area (Å²) in [4.78, 5) is 11.2. The molecule has 2 rings (SSSR count). The van der Waals surface area contributed by atoms with E-state index in [1.54, 1.807) is 18.2 Å². The van der Waals surface area contributed by atoms with E-state index >= 15 is 0 Å². The standard InChI is InChI=1S/C19H21ClFNO3/c1-19(11-23,18(24)25)10-15(22)8-12-2-4-13(5-3-12)16-9-14(20)6-7-17(16)21/h2-7,9,15,23H,8,10-11,22H2,1H3,(H,24,25). The molecule has 4 nitrogen and oxygen atoms in total. The molecule has 0 saturated heterocycles. The highest BCUT2D eigenvalue weighted by molar-refractivity contribution is 6.30. The molecule has 2 atom stereocenters. The van der Waals surface area contributed by atoms with Gasteiger partial charge in [-0.25, -0.2) is 4.39 Å². The Morgan fingerprint density at radius 3 is 2.48 bits per heavy atom. The van der Waals surface area contributed by atoms with Gasteiger partial charge < -0.3 is 15.9 Å². The molecule has 0 aliphatic carbocycles. The smallest absolute Gasteiger partial charge is 0.311 e. The van der Waals surface area contributed by atoms with Crippen LogP contribution in [0.15, 0.2) is 42.5 Å². The van der Waals surface area contributed by atoms with Crippen LogP contribution in [0.1, 0.15) is 18.9 Å². The molecular formula is C19H21ClFNO3. The molecule has 6 heteroatoms. The molecule has 0 fully saturated rings. The lowest BCUT2D eigenvalue weighted by Crippen LogP contribution is -2.39. The van der Waals surface area contributed by atoms with Gasteiger partial charge in [0.05, 0.1) is 12.0 Å². The second-order valence-corrected chi connectivity index (χ2v) is 6.95. The quantitative estimate of drug-likeness (QED) is 0.701. The lowest BCUT2D eigenvalue weighted by molar-refractivity contribution is -0.151. The van der Waals surface area contributed by atoms with Crippen molar-refractivity contribution in [2.75, 3.05) is 6.61 Å². The van der Waals surface area contributed by atoms with E-state index < -0.39 is 24.0 Å². The summed E-state index contributed by atoms with van der Waals surface area (Å²) >= 11 is 5.92. The summed E-state index contributed by atoms with van der Waals surface area (Å²) in [5, 5.41) is 19.0. The third kappa shape index (κ3) is 4.78. The normalized spacial score (nSPS) is 14.8. The summed E-state index contributed by atoms with van der Waals surface area (Å²) in [5.41, 5.74) is 6.81. The topological polar surface area (TPSA) is 83.5 Å². The van der Waals surface area contributed by atoms with Crippen LogP contribution in [0, 0.1) is 11.2 Å². The molecule has 0 heterocycles. The highest BCUT2D eigenvalue weighted by atomic mass is 35.5. The minimum atomic E-state index is -1.26. The lowest BCUT2D eigenvalue weighted by atomic mass is 9.83. The average molecular weight is 366 g/mol. The number of hydrogen-bond donors (Lipinski definition) is 3. The van der Waals surface area contributed by atoms with Crippen molar-refractivity contribution in [2.45, 2.75) is 25.8 Å². The van der Waals surface area contributed by atoms with Crippen LogP contribution in [-0.2, 0) is 11.2 Å². The molecule has 25 heavy (non-hydrogen) atoms. The largest absolute Gasteiger partial charge is 0.481 e. The number of hydrogen-bond acceptors (Lipinski definition) is 3. The van der Waals surface area contributed by atoms with Crippen molar-refractivity contribution in [1.29, 1.82) is 0 Å². The predicted molar refractivity (Wildman–Crippen MR) is 96.0 cm³/mol. The molecule has 2 aromatic carbocycles.